The van der Waals surface area contributed by atoms with Gasteiger partial charge >= 0.3 is 0 Å². The quantitative estimate of drug-likeness (QED) is 0.748. The first-order valence-corrected chi connectivity index (χ1v) is 10.0. The van der Waals surface area contributed by atoms with Gasteiger partial charge in [-0.3, -0.25) is 9.59 Å². The van der Waals surface area contributed by atoms with Crippen molar-refractivity contribution < 1.29 is 14.7 Å². The number of hydrogen-bond acceptors (Lipinski definition) is 4. The number of benzene rings is 1. The molecule has 28 heavy (non-hydrogen) atoms. The molecule has 0 radical (unpaired) electrons. The highest BCUT2D eigenvalue weighted by atomic mass is 16.3. The molecule has 1 heterocycles. The number of nitrogens with zero attached hydrogens (tertiary/aromatic N) is 2. The Bertz CT molecular complexity index is 742. The first-order chi connectivity index (χ1) is 13.4. The molecule has 2 aliphatic rings. The maximum atomic E-state index is 12.1. The Kier molecular flexibility index (Phi) is 6.52. The lowest BCUT2D eigenvalue weighted by Crippen LogP contribution is -2.68. The van der Waals surface area contributed by atoms with Crippen LogP contribution in [-0.4, -0.2) is 72.6 Å². The summed E-state index contributed by atoms with van der Waals surface area (Å²) in [5.74, 6) is -0.127. The summed E-state index contributed by atoms with van der Waals surface area (Å²) in [6.07, 6.45) is 5.79. The Balaban J connectivity index is 1.75. The largest absolute Gasteiger partial charge is 0.394 e. The van der Waals surface area contributed by atoms with Crippen LogP contribution in [0.3, 0.4) is 0 Å². The minimum absolute atomic E-state index is 0.0140. The molecule has 0 saturated carbocycles. The zero-order chi connectivity index (χ0) is 20.3. The summed E-state index contributed by atoms with van der Waals surface area (Å²) in [6.45, 7) is 2.13. The number of nitrogens with one attached hydrogen (secondary N) is 1. The molecular formula is C22H31N3O3. The Labute approximate surface area is 167 Å². The van der Waals surface area contributed by atoms with E-state index >= 15 is 0 Å². The molecule has 6 nitrogen and oxygen atoms in total. The van der Waals surface area contributed by atoms with Crippen molar-refractivity contribution in [2.24, 2.45) is 0 Å². The van der Waals surface area contributed by atoms with Crippen molar-refractivity contribution in [3.05, 3.63) is 41.5 Å². The van der Waals surface area contributed by atoms with Gasteiger partial charge in [0.1, 0.15) is 0 Å². The van der Waals surface area contributed by atoms with Gasteiger partial charge in [0.25, 0.3) is 0 Å². The van der Waals surface area contributed by atoms with Crippen LogP contribution in [0.15, 0.2) is 30.3 Å². The Morgan fingerprint density at radius 3 is 2.46 bits per heavy atom. The topological polar surface area (TPSA) is 72.9 Å². The van der Waals surface area contributed by atoms with Crippen molar-refractivity contribution >= 4 is 17.4 Å². The molecule has 2 N–H and O–H groups in total. The minimum atomic E-state index is -0.246. The summed E-state index contributed by atoms with van der Waals surface area (Å²) in [5.41, 5.74) is 3.75. The normalized spacial score (nSPS) is 24.1. The van der Waals surface area contributed by atoms with E-state index in [4.69, 9.17) is 0 Å². The lowest BCUT2D eigenvalue weighted by molar-refractivity contribution is -0.148. The molecule has 2 amide bonds. The number of rotatable bonds is 7. The van der Waals surface area contributed by atoms with Crippen LogP contribution in [0.2, 0.25) is 0 Å². The third-order valence-electron chi connectivity index (χ3n) is 5.77. The van der Waals surface area contributed by atoms with Gasteiger partial charge in [-0.05, 0) is 50.1 Å². The number of likely N-dealkylation sites (N-methyl/N-ethyl adjacent to an activating group) is 1. The van der Waals surface area contributed by atoms with Crippen molar-refractivity contribution in [3.63, 3.8) is 0 Å². The zero-order valence-electron chi connectivity index (χ0n) is 17.0. The van der Waals surface area contributed by atoms with Crippen LogP contribution in [0.25, 0.3) is 5.57 Å². The lowest BCUT2D eigenvalue weighted by Gasteiger charge is -2.54. The molecule has 1 aromatic carbocycles. The Morgan fingerprint density at radius 2 is 1.93 bits per heavy atom. The molecule has 6 heteroatoms. The molecule has 1 fully saturated rings. The third kappa shape index (κ3) is 4.28. The van der Waals surface area contributed by atoms with E-state index in [1.54, 1.807) is 4.90 Å². The number of carbonyl (C=O) groups excluding carboxylic acids is 2. The second kappa shape index (κ2) is 8.88. The highest BCUT2D eigenvalue weighted by molar-refractivity contribution is 5.79. The lowest BCUT2D eigenvalue weighted by atomic mass is 9.74. The summed E-state index contributed by atoms with van der Waals surface area (Å²) in [6, 6.07) is 8.10. The van der Waals surface area contributed by atoms with Gasteiger partial charge in [0.15, 0.2) is 0 Å². The van der Waals surface area contributed by atoms with E-state index in [1.807, 2.05) is 19.0 Å². The summed E-state index contributed by atoms with van der Waals surface area (Å²) in [5, 5.41) is 12.8. The highest BCUT2D eigenvalue weighted by Crippen LogP contribution is 2.41. The fourth-order valence-corrected chi connectivity index (χ4v) is 4.50. The van der Waals surface area contributed by atoms with E-state index in [-0.39, 0.29) is 36.4 Å². The average Bonchev–Trinajstić information content (AvgIpc) is 3.15. The van der Waals surface area contributed by atoms with Crippen LogP contribution in [0, 0.1) is 0 Å². The van der Waals surface area contributed by atoms with Crippen LogP contribution in [0.4, 0.5) is 0 Å². The third-order valence-corrected chi connectivity index (χ3v) is 5.77. The summed E-state index contributed by atoms with van der Waals surface area (Å²) in [4.78, 5) is 27.7. The van der Waals surface area contributed by atoms with E-state index in [2.05, 4.69) is 35.7 Å². The monoisotopic (exact) mass is 385 g/mol. The van der Waals surface area contributed by atoms with Crippen LogP contribution in [-0.2, 0) is 9.59 Å². The number of aliphatic hydroxyl groups excluding tert-OH is 1. The molecule has 3 atom stereocenters. The second-order valence-electron chi connectivity index (χ2n) is 8.05. The fourth-order valence-electron chi connectivity index (χ4n) is 4.50. The molecule has 3 rings (SSSR count). The van der Waals surface area contributed by atoms with Crippen molar-refractivity contribution in [3.8, 4) is 0 Å². The summed E-state index contributed by atoms with van der Waals surface area (Å²) in [7, 11) is 3.69. The van der Waals surface area contributed by atoms with E-state index < -0.39 is 0 Å². The minimum Gasteiger partial charge on any atom is -0.394 e. The second-order valence-corrected chi connectivity index (χ2v) is 8.05. The molecule has 1 aromatic rings. The summed E-state index contributed by atoms with van der Waals surface area (Å²) < 4.78 is 0. The maximum absolute atomic E-state index is 12.1. The number of allylic oxidation sites excluding steroid dienone is 2. The Hall–Kier alpha value is -2.18. The molecule has 0 bridgehead atoms. The van der Waals surface area contributed by atoms with Gasteiger partial charge in [-0.2, -0.15) is 0 Å². The van der Waals surface area contributed by atoms with Crippen molar-refractivity contribution in [2.45, 2.75) is 44.2 Å². The zero-order valence-corrected chi connectivity index (χ0v) is 17.0. The number of hydrogen-bond donors (Lipinski definition) is 2. The molecule has 0 unspecified atom stereocenters. The van der Waals surface area contributed by atoms with Crippen LogP contribution < -0.4 is 5.32 Å². The molecule has 1 aliphatic carbocycles. The number of likely N-dealkylation sites (tertiary alicyclic amines) is 1. The first-order valence-electron chi connectivity index (χ1n) is 10.0. The average molecular weight is 386 g/mol. The SMILES string of the molecule is CC(=O)N1[C@H](CNC(=O)CN(C)C)[C@H](c2ccc(C3=CCCC3)cc2)[C@@H]1CO. The molecule has 1 saturated heterocycles. The Morgan fingerprint density at radius 1 is 1.21 bits per heavy atom. The molecule has 0 aromatic heterocycles. The smallest absolute Gasteiger partial charge is 0.234 e. The number of aliphatic hydroxyl groups is 1. The van der Waals surface area contributed by atoms with Gasteiger partial charge in [-0.1, -0.05) is 30.3 Å². The molecule has 1 aliphatic heterocycles. The van der Waals surface area contributed by atoms with Gasteiger partial charge in [0, 0.05) is 19.4 Å². The number of carbonyl (C=O) groups is 2. The van der Waals surface area contributed by atoms with Crippen molar-refractivity contribution in [1.82, 2.24) is 15.1 Å². The fraction of sp³-hybridized carbons (Fsp3) is 0.545. The van der Waals surface area contributed by atoms with E-state index in [0.29, 0.717) is 13.1 Å². The van der Waals surface area contributed by atoms with Crippen molar-refractivity contribution in [2.75, 3.05) is 33.8 Å². The van der Waals surface area contributed by atoms with Gasteiger partial charge < -0.3 is 20.2 Å². The molecule has 0 spiro atoms. The van der Waals surface area contributed by atoms with Gasteiger partial charge in [-0.15, -0.1) is 0 Å². The van der Waals surface area contributed by atoms with Crippen LogP contribution >= 0.6 is 0 Å². The standard InChI is InChI=1S/C22H31N3O3/c1-15(27)25-19(12-23-21(28)13-24(2)3)22(20(25)14-26)18-10-8-17(9-11-18)16-6-4-5-7-16/h6,8-11,19-20,22,26H,4-5,7,12-14H2,1-3H3,(H,23,28)/t19-,20+,22+/m1/s1. The predicted molar refractivity (Wildman–Crippen MR) is 110 cm³/mol. The van der Waals surface area contributed by atoms with Crippen LogP contribution in [0.1, 0.15) is 43.2 Å². The highest BCUT2D eigenvalue weighted by Gasteiger charge is 2.49. The van der Waals surface area contributed by atoms with E-state index in [0.717, 1.165) is 18.4 Å². The van der Waals surface area contributed by atoms with E-state index in [9.17, 15) is 14.7 Å². The van der Waals surface area contributed by atoms with Gasteiger partial charge in [-0.25, -0.2) is 0 Å². The molecule has 152 valence electrons. The predicted octanol–water partition coefficient (Wildman–Crippen LogP) is 1.61. The van der Waals surface area contributed by atoms with Crippen molar-refractivity contribution in [1.29, 1.82) is 0 Å². The number of amides is 2. The van der Waals surface area contributed by atoms with E-state index in [1.165, 1.54) is 24.5 Å². The summed E-state index contributed by atoms with van der Waals surface area (Å²) >= 11 is 0. The maximum Gasteiger partial charge on any atom is 0.234 e. The first kappa shape index (κ1) is 20.6. The molecular weight excluding hydrogens is 354 g/mol. The van der Waals surface area contributed by atoms with Gasteiger partial charge in [0.2, 0.25) is 11.8 Å². The van der Waals surface area contributed by atoms with Crippen LogP contribution in [0.5, 0.6) is 0 Å². The van der Waals surface area contributed by atoms with Gasteiger partial charge in [0.05, 0.1) is 25.2 Å².